The Balaban J connectivity index is 0.000000253. The highest BCUT2D eigenvalue weighted by atomic mass is 16.6. The van der Waals surface area contributed by atoms with Gasteiger partial charge in [-0.25, -0.2) is 0 Å². The highest BCUT2D eigenvalue weighted by Crippen LogP contribution is 2.22. The number of nitrogens with zero attached hydrogens (tertiary/aromatic N) is 2. The lowest BCUT2D eigenvalue weighted by atomic mass is 10.2. The maximum absolute atomic E-state index is 10.4. The van der Waals surface area contributed by atoms with E-state index in [0.29, 0.717) is 0 Å². The first kappa shape index (κ1) is 17.6. The molecule has 0 fully saturated rings. The summed E-state index contributed by atoms with van der Waals surface area (Å²) in [6.45, 7) is 1.99. The van der Waals surface area contributed by atoms with Crippen LogP contribution in [0.5, 0.6) is 0 Å². The summed E-state index contributed by atoms with van der Waals surface area (Å²) >= 11 is 0. The maximum Gasteiger partial charge on any atom is 0.286 e. The second kappa shape index (κ2) is 8.13. The van der Waals surface area contributed by atoms with Crippen molar-refractivity contribution in [2.24, 2.45) is 0 Å². The van der Waals surface area contributed by atoms with E-state index in [1.165, 1.54) is 5.56 Å². The molecule has 0 unspecified atom stereocenters. The monoisotopic (exact) mass is 316 g/mol. The van der Waals surface area contributed by atoms with E-state index in [-0.39, 0.29) is 11.8 Å². The van der Waals surface area contributed by atoms with Crippen LogP contribution < -0.4 is 0 Å². The number of hydrogen-bond acceptors (Lipinski definition) is 6. The van der Waals surface area contributed by atoms with Gasteiger partial charge in [0.25, 0.3) is 11.4 Å². The Morgan fingerprint density at radius 3 is 1.91 bits per heavy atom. The molecule has 0 saturated carbocycles. The zero-order valence-corrected chi connectivity index (χ0v) is 12.0. The molecule has 0 radical (unpaired) electrons. The van der Waals surface area contributed by atoms with Gasteiger partial charge < -0.3 is 0 Å². The number of nitro benzene ring substituents is 2. The zero-order chi connectivity index (χ0) is 17.4. The second-order valence-corrected chi connectivity index (χ2v) is 4.40. The first-order chi connectivity index (χ1) is 10.9. The van der Waals surface area contributed by atoms with Crippen molar-refractivity contribution in [3.05, 3.63) is 79.4 Å². The minimum absolute atomic E-state index is 0.180. The van der Waals surface area contributed by atoms with E-state index in [1.54, 1.807) is 0 Å². The third-order valence-electron chi connectivity index (χ3n) is 2.76. The van der Waals surface area contributed by atoms with Gasteiger partial charge in [-0.05, 0) is 13.0 Å². The van der Waals surface area contributed by atoms with Gasteiger partial charge in [-0.3, -0.25) is 29.8 Å². The van der Waals surface area contributed by atoms with Crippen molar-refractivity contribution in [2.45, 2.75) is 6.92 Å². The minimum Gasteiger partial charge on any atom is -0.298 e. The second-order valence-electron chi connectivity index (χ2n) is 4.40. The number of nitro groups is 2. The van der Waals surface area contributed by atoms with Crippen LogP contribution in [-0.4, -0.2) is 22.4 Å². The van der Waals surface area contributed by atoms with Gasteiger partial charge in [-0.2, -0.15) is 0 Å². The molecule has 0 N–H and O–H groups in total. The Kier molecular flexibility index (Phi) is 6.23. The average molecular weight is 316 g/mol. The van der Waals surface area contributed by atoms with E-state index in [2.05, 4.69) is 0 Å². The smallest absolute Gasteiger partial charge is 0.286 e. The lowest BCUT2D eigenvalue weighted by Crippen LogP contribution is -1.96. The SMILES string of the molecule is Cc1ccc(C=O)cc1.O=Cc1ccc([N+](=O)[O-])cc1[N+](=O)[O-]. The lowest BCUT2D eigenvalue weighted by molar-refractivity contribution is -0.394. The molecule has 0 amide bonds. The Morgan fingerprint density at radius 2 is 1.48 bits per heavy atom. The molecule has 23 heavy (non-hydrogen) atoms. The molecule has 8 nitrogen and oxygen atoms in total. The molecule has 0 saturated heterocycles. The predicted octanol–water partition coefficient (Wildman–Crippen LogP) is 3.12. The third kappa shape index (κ3) is 5.12. The Bertz CT molecular complexity index is 740. The Morgan fingerprint density at radius 1 is 0.870 bits per heavy atom. The molecule has 0 aliphatic carbocycles. The van der Waals surface area contributed by atoms with Crippen LogP contribution in [0.4, 0.5) is 11.4 Å². The van der Waals surface area contributed by atoms with Gasteiger partial charge >= 0.3 is 0 Å². The average Bonchev–Trinajstić information content (AvgIpc) is 2.55. The number of carbonyl (C=O) groups is 2. The van der Waals surface area contributed by atoms with E-state index < -0.39 is 21.2 Å². The molecule has 0 spiro atoms. The van der Waals surface area contributed by atoms with Crippen molar-refractivity contribution in [2.75, 3.05) is 0 Å². The first-order valence-corrected chi connectivity index (χ1v) is 6.29. The maximum atomic E-state index is 10.4. The lowest BCUT2D eigenvalue weighted by Gasteiger charge is -1.94. The molecule has 0 bridgehead atoms. The molecule has 8 heteroatoms. The molecule has 2 aromatic carbocycles. The van der Waals surface area contributed by atoms with Crippen LogP contribution in [0, 0.1) is 27.2 Å². The minimum atomic E-state index is -0.837. The van der Waals surface area contributed by atoms with Crippen molar-refractivity contribution < 1.29 is 19.4 Å². The van der Waals surface area contributed by atoms with Gasteiger partial charge in [0.05, 0.1) is 21.5 Å². The highest BCUT2D eigenvalue weighted by molar-refractivity contribution is 5.82. The summed E-state index contributed by atoms with van der Waals surface area (Å²) in [6.07, 6.45) is 1.13. The van der Waals surface area contributed by atoms with Gasteiger partial charge in [0.15, 0.2) is 6.29 Å². The highest BCUT2D eigenvalue weighted by Gasteiger charge is 2.18. The van der Waals surface area contributed by atoms with Gasteiger partial charge in [0, 0.05) is 11.6 Å². The number of non-ortho nitro benzene ring substituents is 1. The summed E-state index contributed by atoms with van der Waals surface area (Å²) in [6, 6.07) is 10.3. The molecule has 0 heterocycles. The molecule has 2 rings (SSSR count). The van der Waals surface area contributed by atoms with Crippen LogP contribution in [0.3, 0.4) is 0 Å². The Hall–Kier alpha value is -3.42. The number of aldehydes is 2. The summed E-state index contributed by atoms with van der Waals surface area (Å²) in [7, 11) is 0. The van der Waals surface area contributed by atoms with Crippen molar-refractivity contribution >= 4 is 23.9 Å². The van der Waals surface area contributed by atoms with E-state index in [1.807, 2.05) is 31.2 Å². The van der Waals surface area contributed by atoms with Gasteiger partial charge in [-0.1, -0.05) is 29.8 Å². The van der Waals surface area contributed by atoms with Crippen molar-refractivity contribution in [3.8, 4) is 0 Å². The molecule has 2 aromatic rings. The molecular formula is C15H12N2O6. The fraction of sp³-hybridized carbons (Fsp3) is 0.0667. The van der Waals surface area contributed by atoms with E-state index in [0.717, 1.165) is 30.0 Å². The van der Waals surface area contributed by atoms with Gasteiger partial charge in [0.2, 0.25) is 0 Å². The van der Waals surface area contributed by atoms with Crippen LogP contribution in [0.15, 0.2) is 42.5 Å². The molecule has 118 valence electrons. The van der Waals surface area contributed by atoms with E-state index in [9.17, 15) is 29.8 Å². The molecular weight excluding hydrogens is 304 g/mol. The predicted molar refractivity (Wildman–Crippen MR) is 81.7 cm³/mol. The van der Waals surface area contributed by atoms with Crippen LogP contribution in [-0.2, 0) is 0 Å². The number of aryl methyl sites for hydroxylation is 1. The first-order valence-electron chi connectivity index (χ1n) is 6.29. The van der Waals surface area contributed by atoms with Gasteiger partial charge in [-0.15, -0.1) is 0 Å². The number of carbonyl (C=O) groups excluding carboxylic acids is 2. The van der Waals surface area contributed by atoms with Crippen molar-refractivity contribution in [1.29, 1.82) is 0 Å². The summed E-state index contributed by atoms with van der Waals surface area (Å²) < 4.78 is 0. The number of hydrogen-bond donors (Lipinski definition) is 0. The number of rotatable bonds is 4. The topological polar surface area (TPSA) is 120 Å². The summed E-state index contributed by atoms with van der Waals surface area (Å²) in [5.41, 5.74) is 0.762. The van der Waals surface area contributed by atoms with E-state index >= 15 is 0 Å². The molecule has 0 atom stereocenters. The van der Waals surface area contributed by atoms with Crippen LogP contribution in [0.25, 0.3) is 0 Å². The fourth-order valence-corrected chi connectivity index (χ4v) is 1.55. The van der Waals surface area contributed by atoms with Gasteiger partial charge in [0.1, 0.15) is 6.29 Å². The quantitative estimate of drug-likeness (QED) is 0.485. The largest absolute Gasteiger partial charge is 0.298 e. The van der Waals surface area contributed by atoms with E-state index in [4.69, 9.17) is 0 Å². The normalized spacial score (nSPS) is 9.26. The fourth-order valence-electron chi connectivity index (χ4n) is 1.55. The van der Waals surface area contributed by atoms with Crippen molar-refractivity contribution in [3.63, 3.8) is 0 Å². The third-order valence-corrected chi connectivity index (χ3v) is 2.76. The zero-order valence-electron chi connectivity index (χ0n) is 12.0. The van der Waals surface area contributed by atoms with Crippen molar-refractivity contribution in [1.82, 2.24) is 0 Å². The summed E-state index contributed by atoms with van der Waals surface area (Å²) in [5.74, 6) is 0. The summed E-state index contributed by atoms with van der Waals surface area (Å²) in [4.78, 5) is 39.5. The van der Waals surface area contributed by atoms with Crippen LogP contribution in [0.1, 0.15) is 26.3 Å². The molecule has 0 aliphatic rings. The van der Waals surface area contributed by atoms with Crippen LogP contribution >= 0.6 is 0 Å². The number of benzene rings is 2. The van der Waals surface area contributed by atoms with Crippen LogP contribution in [0.2, 0.25) is 0 Å². The Labute approximate surface area is 130 Å². The molecule has 0 aromatic heterocycles. The summed E-state index contributed by atoms with van der Waals surface area (Å²) in [5, 5.41) is 20.6. The standard InChI is InChI=1S/C8H8O.C7H4N2O5/c1-7-2-4-8(6-9)5-3-7;10-4-5-1-2-6(8(11)12)3-7(5)9(13)14/h2-6H,1H3;1-4H. The molecule has 0 aliphatic heterocycles.